The molecule has 4 nitrogen and oxygen atoms in total. The molecule has 2 fully saturated rings. The van der Waals surface area contributed by atoms with Crippen LogP contribution in [0.5, 0.6) is 0 Å². The Labute approximate surface area is 78.2 Å². The van der Waals surface area contributed by atoms with Crippen LogP contribution < -0.4 is 5.32 Å². The van der Waals surface area contributed by atoms with Crippen LogP contribution in [-0.2, 0) is 9.53 Å². The summed E-state index contributed by atoms with van der Waals surface area (Å²) in [5, 5.41) is 3.05. The van der Waals surface area contributed by atoms with Gasteiger partial charge >= 0.3 is 0 Å². The van der Waals surface area contributed by atoms with Crippen LogP contribution in [0.3, 0.4) is 0 Å². The van der Waals surface area contributed by atoms with E-state index in [1.807, 2.05) is 0 Å². The van der Waals surface area contributed by atoms with E-state index in [0.29, 0.717) is 19.3 Å². The topological polar surface area (TPSA) is 41.6 Å². The molecule has 2 heterocycles. The monoisotopic (exact) mass is 184 g/mol. The Kier molecular flexibility index (Phi) is 2.51. The second kappa shape index (κ2) is 3.64. The van der Waals surface area contributed by atoms with Gasteiger partial charge in [0.25, 0.3) is 0 Å². The summed E-state index contributed by atoms with van der Waals surface area (Å²) < 4.78 is 4.97. The summed E-state index contributed by atoms with van der Waals surface area (Å²) in [4.78, 5) is 13.7. The molecule has 1 N–H and O–H groups in total. The van der Waals surface area contributed by atoms with Crippen molar-refractivity contribution in [1.82, 2.24) is 10.2 Å². The van der Waals surface area contributed by atoms with Crippen LogP contribution >= 0.6 is 0 Å². The predicted octanol–water partition coefficient (Wildman–Crippen LogP) is -0.547. The van der Waals surface area contributed by atoms with Crippen molar-refractivity contribution in [1.29, 1.82) is 0 Å². The molecule has 1 unspecified atom stereocenters. The van der Waals surface area contributed by atoms with Gasteiger partial charge in [0.1, 0.15) is 0 Å². The SMILES string of the molecule is CN1CCC(NC(=O)C2COC2)C1. The number of hydrogen-bond acceptors (Lipinski definition) is 3. The highest BCUT2D eigenvalue weighted by atomic mass is 16.5. The van der Waals surface area contributed by atoms with Crippen LogP contribution in [0.1, 0.15) is 6.42 Å². The largest absolute Gasteiger partial charge is 0.380 e. The number of nitrogens with zero attached hydrogens (tertiary/aromatic N) is 1. The average Bonchev–Trinajstić information content (AvgIpc) is 2.31. The van der Waals surface area contributed by atoms with Gasteiger partial charge in [0.15, 0.2) is 0 Å². The Morgan fingerprint density at radius 2 is 2.31 bits per heavy atom. The van der Waals surface area contributed by atoms with Crippen LogP contribution in [-0.4, -0.2) is 50.2 Å². The lowest BCUT2D eigenvalue weighted by atomic mass is 10.1. The number of nitrogens with one attached hydrogen (secondary N) is 1. The van der Waals surface area contributed by atoms with Crippen molar-refractivity contribution in [2.75, 3.05) is 33.4 Å². The van der Waals surface area contributed by atoms with E-state index in [0.717, 1.165) is 19.5 Å². The third kappa shape index (κ3) is 2.00. The van der Waals surface area contributed by atoms with Gasteiger partial charge in [-0.25, -0.2) is 0 Å². The number of ether oxygens (including phenoxy) is 1. The molecule has 0 aromatic rings. The first-order valence-electron chi connectivity index (χ1n) is 4.82. The molecule has 0 saturated carbocycles. The molecular formula is C9H16N2O2. The van der Waals surface area contributed by atoms with Crippen molar-refractivity contribution in [2.45, 2.75) is 12.5 Å². The smallest absolute Gasteiger partial charge is 0.228 e. The number of rotatable bonds is 2. The summed E-state index contributed by atoms with van der Waals surface area (Å²) in [6.07, 6.45) is 1.08. The minimum absolute atomic E-state index is 0.117. The van der Waals surface area contributed by atoms with E-state index in [9.17, 15) is 4.79 Å². The zero-order valence-corrected chi connectivity index (χ0v) is 7.95. The number of amides is 1. The van der Waals surface area contributed by atoms with Crippen molar-refractivity contribution in [3.63, 3.8) is 0 Å². The molecule has 2 aliphatic rings. The molecule has 0 spiro atoms. The Balaban J connectivity index is 1.74. The molecule has 1 atom stereocenters. The minimum Gasteiger partial charge on any atom is -0.380 e. The van der Waals surface area contributed by atoms with Crippen LogP contribution in [0.25, 0.3) is 0 Å². The molecule has 13 heavy (non-hydrogen) atoms. The van der Waals surface area contributed by atoms with E-state index in [-0.39, 0.29) is 11.8 Å². The van der Waals surface area contributed by atoms with Gasteiger partial charge in [-0.3, -0.25) is 4.79 Å². The fraction of sp³-hybridized carbons (Fsp3) is 0.889. The highest BCUT2D eigenvalue weighted by molar-refractivity contribution is 5.79. The summed E-state index contributed by atoms with van der Waals surface area (Å²) in [6.45, 7) is 3.29. The predicted molar refractivity (Wildman–Crippen MR) is 48.4 cm³/mol. The fourth-order valence-electron chi connectivity index (χ4n) is 1.76. The summed E-state index contributed by atoms with van der Waals surface area (Å²) in [5.74, 6) is 0.289. The Bertz CT molecular complexity index is 204. The maximum Gasteiger partial charge on any atom is 0.228 e. The summed E-state index contributed by atoms with van der Waals surface area (Å²) in [6, 6.07) is 0.359. The highest BCUT2D eigenvalue weighted by Crippen LogP contribution is 2.12. The number of likely N-dealkylation sites (N-methyl/N-ethyl adjacent to an activating group) is 1. The van der Waals surface area contributed by atoms with E-state index >= 15 is 0 Å². The molecular weight excluding hydrogens is 168 g/mol. The maximum absolute atomic E-state index is 11.5. The lowest BCUT2D eigenvalue weighted by Crippen LogP contribution is -2.46. The third-order valence-corrected chi connectivity index (χ3v) is 2.75. The van der Waals surface area contributed by atoms with Crippen molar-refractivity contribution >= 4 is 5.91 Å². The lowest BCUT2D eigenvalue weighted by Gasteiger charge is -2.26. The van der Waals surface area contributed by atoms with E-state index in [1.54, 1.807) is 0 Å². The van der Waals surface area contributed by atoms with E-state index < -0.39 is 0 Å². The molecule has 0 aromatic carbocycles. The Morgan fingerprint density at radius 3 is 2.77 bits per heavy atom. The molecule has 0 aliphatic carbocycles. The van der Waals surface area contributed by atoms with Gasteiger partial charge in [0, 0.05) is 12.6 Å². The second-order valence-corrected chi connectivity index (χ2v) is 3.99. The molecule has 1 amide bonds. The average molecular weight is 184 g/mol. The molecule has 0 bridgehead atoms. The molecule has 0 radical (unpaired) electrons. The molecule has 0 aromatic heterocycles. The minimum atomic E-state index is 0.117. The highest BCUT2D eigenvalue weighted by Gasteiger charge is 2.29. The van der Waals surface area contributed by atoms with Crippen LogP contribution in [0, 0.1) is 5.92 Å². The van der Waals surface area contributed by atoms with Gasteiger partial charge in [-0.2, -0.15) is 0 Å². The van der Waals surface area contributed by atoms with Crippen LogP contribution in [0.2, 0.25) is 0 Å². The third-order valence-electron chi connectivity index (χ3n) is 2.75. The summed E-state index contributed by atoms with van der Waals surface area (Å²) in [5.41, 5.74) is 0. The number of carbonyl (C=O) groups excluding carboxylic acids is 1. The molecule has 2 aliphatic heterocycles. The molecule has 2 rings (SSSR count). The van der Waals surface area contributed by atoms with Crippen LogP contribution in [0.4, 0.5) is 0 Å². The maximum atomic E-state index is 11.5. The standard InChI is InChI=1S/C9H16N2O2/c1-11-3-2-8(4-11)10-9(12)7-5-13-6-7/h7-8H,2-6H2,1H3,(H,10,12). The van der Waals surface area contributed by atoms with Crippen LogP contribution in [0.15, 0.2) is 0 Å². The van der Waals surface area contributed by atoms with Gasteiger partial charge in [-0.05, 0) is 20.0 Å². The zero-order chi connectivity index (χ0) is 9.26. The van der Waals surface area contributed by atoms with Gasteiger partial charge in [0.2, 0.25) is 5.91 Å². The molecule has 2 saturated heterocycles. The van der Waals surface area contributed by atoms with Crippen molar-refractivity contribution in [2.24, 2.45) is 5.92 Å². The first-order chi connectivity index (χ1) is 6.25. The Morgan fingerprint density at radius 1 is 1.54 bits per heavy atom. The molecule has 4 heteroatoms. The van der Waals surface area contributed by atoms with E-state index in [2.05, 4.69) is 17.3 Å². The number of likely N-dealkylation sites (tertiary alicyclic amines) is 1. The van der Waals surface area contributed by atoms with Gasteiger partial charge in [-0.1, -0.05) is 0 Å². The first-order valence-corrected chi connectivity index (χ1v) is 4.82. The number of carbonyl (C=O) groups is 1. The number of hydrogen-bond donors (Lipinski definition) is 1. The molecule has 74 valence electrons. The van der Waals surface area contributed by atoms with Crippen molar-refractivity contribution in [3.05, 3.63) is 0 Å². The first kappa shape index (κ1) is 8.97. The van der Waals surface area contributed by atoms with Crippen molar-refractivity contribution in [3.8, 4) is 0 Å². The van der Waals surface area contributed by atoms with Crippen molar-refractivity contribution < 1.29 is 9.53 Å². The summed E-state index contributed by atoms with van der Waals surface area (Å²) >= 11 is 0. The quantitative estimate of drug-likeness (QED) is 0.626. The van der Waals surface area contributed by atoms with E-state index in [1.165, 1.54) is 0 Å². The van der Waals surface area contributed by atoms with Gasteiger partial charge in [-0.15, -0.1) is 0 Å². The fourth-order valence-corrected chi connectivity index (χ4v) is 1.76. The summed E-state index contributed by atoms with van der Waals surface area (Å²) in [7, 11) is 2.08. The van der Waals surface area contributed by atoms with E-state index in [4.69, 9.17) is 4.74 Å². The normalized spacial score (nSPS) is 30.1. The lowest BCUT2D eigenvalue weighted by molar-refractivity contribution is -0.139. The van der Waals surface area contributed by atoms with Gasteiger partial charge in [0.05, 0.1) is 19.1 Å². The Hall–Kier alpha value is -0.610. The zero-order valence-electron chi connectivity index (χ0n) is 7.95. The van der Waals surface area contributed by atoms with Gasteiger partial charge < -0.3 is 15.0 Å². The second-order valence-electron chi connectivity index (χ2n) is 3.99.